The molecule has 6 heteroatoms. The zero-order chi connectivity index (χ0) is 11.5. The zero-order valence-corrected chi connectivity index (χ0v) is 8.97. The number of hydrogen-bond donors (Lipinski definition) is 3. The minimum atomic E-state index is -0.870. The highest BCUT2D eigenvalue weighted by Gasteiger charge is 2.23. The lowest BCUT2D eigenvalue weighted by Crippen LogP contribution is -2.29. The molecule has 16 heavy (non-hydrogen) atoms. The van der Waals surface area contributed by atoms with Gasteiger partial charge in [0.05, 0.1) is 12.5 Å². The summed E-state index contributed by atoms with van der Waals surface area (Å²) in [6.07, 6.45) is 4.04. The van der Waals surface area contributed by atoms with E-state index < -0.39 is 5.97 Å². The first-order valence-electron chi connectivity index (χ1n) is 5.19. The van der Waals surface area contributed by atoms with Gasteiger partial charge in [-0.25, -0.2) is 15.4 Å². The molecule has 1 aliphatic heterocycles. The van der Waals surface area contributed by atoms with Crippen LogP contribution < -0.4 is 10.9 Å². The molecule has 3 N–H and O–H groups in total. The predicted molar refractivity (Wildman–Crippen MR) is 56.5 cm³/mol. The first kappa shape index (κ1) is 11.0. The van der Waals surface area contributed by atoms with Crippen LogP contribution in [-0.2, 0) is 11.2 Å². The number of rotatable bonds is 3. The molecule has 0 aliphatic carbocycles. The molecule has 0 amide bonds. The predicted octanol–water partition coefficient (Wildman–Crippen LogP) is 0.0312. The Morgan fingerprint density at radius 1 is 1.50 bits per heavy atom. The summed E-state index contributed by atoms with van der Waals surface area (Å²) in [7, 11) is 0. The SMILES string of the molecule is CC1CC(c2ncc(CC(=O)O)cn2)NN1. The summed E-state index contributed by atoms with van der Waals surface area (Å²) in [5.41, 5.74) is 6.80. The van der Waals surface area contributed by atoms with Crippen molar-refractivity contribution in [3.05, 3.63) is 23.8 Å². The van der Waals surface area contributed by atoms with Gasteiger partial charge in [0.1, 0.15) is 5.82 Å². The lowest BCUT2D eigenvalue weighted by molar-refractivity contribution is -0.136. The molecule has 1 fully saturated rings. The molecule has 0 aromatic carbocycles. The fraction of sp³-hybridized carbons (Fsp3) is 0.500. The van der Waals surface area contributed by atoms with Crippen molar-refractivity contribution in [2.24, 2.45) is 0 Å². The Balaban J connectivity index is 2.04. The largest absolute Gasteiger partial charge is 0.481 e. The second-order valence-electron chi connectivity index (χ2n) is 4.00. The monoisotopic (exact) mass is 222 g/mol. The van der Waals surface area contributed by atoms with E-state index in [1.165, 1.54) is 0 Å². The van der Waals surface area contributed by atoms with Crippen molar-refractivity contribution in [2.45, 2.75) is 31.8 Å². The summed E-state index contributed by atoms with van der Waals surface area (Å²) in [6, 6.07) is 0.501. The Kier molecular flexibility index (Phi) is 3.12. The number of carboxylic acid groups (broad SMARTS) is 1. The van der Waals surface area contributed by atoms with Crippen LogP contribution in [0.2, 0.25) is 0 Å². The topological polar surface area (TPSA) is 87.1 Å². The summed E-state index contributed by atoms with van der Waals surface area (Å²) in [6.45, 7) is 2.08. The van der Waals surface area contributed by atoms with Crippen LogP contribution in [0.25, 0.3) is 0 Å². The summed E-state index contributed by atoms with van der Waals surface area (Å²) in [4.78, 5) is 18.8. The number of nitrogens with one attached hydrogen (secondary N) is 2. The van der Waals surface area contributed by atoms with Crippen molar-refractivity contribution in [3.63, 3.8) is 0 Å². The zero-order valence-electron chi connectivity index (χ0n) is 8.97. The van der Waals surface area contributed by atoms with Gasteiger partial charge in [0.15, 0.2) is 0 Å². The van der Waals surface area contributed by atoms with Crippen LogP contribution in [0.3, 0.4) is 0 Å². The Bertz CT molecular complexity index is 379. The van der Waals surface area contributed by atoms with Crippen molar-refractivity contribution in [2.75, 3.05) is 0 Å². The van der Waals surface area contributed by atoms with E-state index in [1.54, 1.807) is 12.4 Å². The van der Waals surface area contributed by atoms with E-state index in [4.69, 9.17) is 5.11 Å². The van der Waals surface area contributed by atoms with Crippen molar-refractivity contribution in [1.29, 1.82) is 0 Å². The van der Waals surface area contributed by atoms with Gasteiger partial charge >= 0.3 is 5.97 Å². The third kappa shape index (κ3) is 2.53. The molecule has 6 nitrogen and oxygen atoms in total. The van der Waals surface area contributed by atoms with Gasteiger partial charge in [0.25, 0.3) is 0 Å². The van der Waals surface area contributed by atoms with Gasteiger partial charge in [-0.1, -0.05) is 0 Å². The number of carboxylic acids is 1. The second-order valence-corrected chi connectivity index (χ2v) is 4.00. The average molecular weight is 222 g/mol. The first-order chi connectivity index (χ1) is 7.65. The van der Waals surface area contributed by atoms with Crippen LogP contribution in [0, 0.1) is 0 Å². The van der Waals surface area contributed by atoms with Gasteiger partial charge in [0.2, 0.25) is 0 Å². The van der Waals surface area contributed by atoms with Gasteiger partial charge in [-0.2, -0.15) is 0 Å². The number of aliphatic carboxylic acids is 1. The molecular formula is C10H14N4O2. The molecule has 1 aromatic rings. The second kappa shape index (κ2) is 4.54. The van der Waals surface area contributed by atoms with Crippen LogP contribution in [0.4, 0.5) is 0 Å². The van der Waals surface area contributed by atoms with Gasteiger partial charge in [0, 0.05) is 18.4 Å². The van der Waals surface area contributed by atoms with Gasteiger partial charge in [-0.3, -0.25) is 10.2 Å². The molecule has 0 saturated carbocycles. The van der Waals surface area contributed by atoms with Crippen molar-refractivity contribution in [1.82, 2.24) is 20.8 Å². The van der Waals surface area contributed by atoms with Crippen LogP contribution in [0.1, 0.15) is 30.8 Å². The van der Waals surface area contributed by atoms with Crippen molar-refractivity contribution >= 4 is 5.97 Å². The molecule has 1 aromatic heterocycles. The quantitative estimate of drug-likeness (QED) is 0.669. The Morgan fingerprint density at radius 3 is 2.69 bits per heavy atom. The smallest absolute Gasteiger partial charge is 0.307 e. The highest BCUT2D eigenvalue weighted by atomic mass is 16.4. The van der Waals surface area contributed by atoms with Crippen LogP contribution in [0.5, 0.6) is 0 Å². The molecule has 2 atom stereocenters. The third-order valence-corrected chi connectivity index (χ3v) is 2.49. The van der Waals surface area contributed by atoms with Gasteiger partial charge in [-0.05, 0) is 18.9 Å². The molecule has 2 rings (SSSR count). The van der Waals surface area contributed by atoms with E-state index in [2.05, 4.69) is 27.7 Å². The minimum Gasteiger partial charge on any atom is -0.481 e. The number of hydrazine groups is 1. The Morgan fingerprint density at radius 2 is 2.19 bits per heavy atom. The maximum absolute atomic E-state index is 10.5. The summed E-state index contributed by atoms with van der Waals surface area (Å²) in [5, 5.41) is 8.60. The minimum absolute atomic E-state index is 0.0347. The summed E-state index contributed by atoms with van der Waals surface area (Å²) < 4.78 is 0. The fourth-order valence-corrected chi connectivity index (χ4v) is 1.69. The van der Waals surface area contributed by atoms with Crippen molar-refractivity contribution < 1.29 is 9.90 Å². The summed E-state index contributed by atoms with van der Waals surface area (Å²) >= 11 is 0. The van der Waals surface area contributed by atoms with Gasteiger partial charge < -0.3 is 5.11 Å². The molecule has 0 spiro atoms. The number of hydrogen-bond acceptors (Lipinski definition) is 5. The highest BCUT2D eigenvalue weighted by Crippen LogP contribution is 2.18. The highest BCUT2D eigenvalue weighted by molar-refractivity contribution is 5.69. The number of nitrogens with zero attached hydrogens (tertiary/aromatic N) is 2. The molecule has 2 unspecified atom stereocenters. The van der Waals surface area contributed by atoms with Gasteiger partial charge in [-0.15, -0.1) is 0 Å². The lowest BCUT2D eigenvalue weighted by atomic mass is 10.1. The van der Waals surface area contributed by atoms with E-state index in [-0.39, 0.29) is 12.5 Å². The Hall–Kier alpha value is -1.53. The average Bonchev–Trinajstić information content (AvgIpc) is 2.65. The normalized spacial score (nSPS) is 24.6. The van der Waals surface area contributed by atoms with E-state index in [9.17, 15) is 4.79 Å². The van der Waals surface area contributed by atoms with E-state index in [0.29, 0.717) is 17.4 Å². The third-order valence-electron chi connectivity index (χ3n) is 2.49. The maximum Gasteiger partial charge on any atom is 0.307 e. The van der Waals surface area contributed by atoms with Crippen molar-refractivity contribution in [3.8, 4) is 0 Å². The van der Waals surface area contributed by atoms with E-state index >= 15 is 0 Å². The molecule has 86 valence electrons. The molecule has 2 heterocycles. The first-order valence-corrected chi connectivity index (χ1v) is 5.19. The van der Waals surface area contributed by atoms with E-state index in [1.807, 2.05) is 0 Å². The Labute approximate surface area is 93.1 Å². The molecule has 0 bridgehead atoms. The van der Waals surface area contributed by atoms with Crippen LogP contribution in [0.15, 0.2) is 12.4 Å². The lowest BCUT2D eigenvalue weighted by Gasteiger charge is -2.07. The van der Waals surface area contributed by atoms with Crippen LogP contribution >= 0.6 is 0 Å². The number of carbonyl (C=O) groups is 1. The van der Waals surface area contributed by atoms with E-state index in [0.717, 1.165) is 6.42 Å². The molecular weight excluding hydrogens is 208 g/mol. The maximum atomic E-state index is 10.5. The molecule has 1 aliphatic rings. The molecule has 1 saturated heterocycles. The fourth-order valence-electron chi connectivity index (χ4n) is 1.69. The summed E-state index contributed by atoms with van der Waals surface area (Å²) in [5.74, 6) is -0.170. The standard InChI is InChI=1S/C10H14N4O2/c1-6-2-8(14-13-6)10-11-4-7(5-12-10)3-9(15)16/h4-6,8,13-14H,2-3H2,1H3,(H,15,16). The number of aromatic nitrogens is 2. The molecule has 0 radical (unpaired) electrons. The van der Waals surface area contributed by atoms with Crippen LogP contribution in [-0.4, -0.2) is 27.1 Å².